The van der Waals surface area contributed by atoms with Crippen LogP contribution in [0.25, 0.3) is 10.1 Å². The van der Waals surface area contributed by atoms with Crippen molar-refractivity contribution in [2.24, 2.45) is 0 Å². The molecule has 0 fully saturated rings. The molecule has 3 heteroatoms. The molecule has 2 rings (SSSR count). The number of halogens is 2. The lowest BCUT2D eigenvalue weighted by molar-refractivity contribution is 0.658. The molecule has 0 amide bonds. The van der Waals surface area contributed by atoms with Crippen LogP contribution in [0.3, 0.4) is 0 Å². The van der Waals surface area contributed by atoms with Crippen molar-refractivity contribution in [3.63, 3.8) is 0 Å². The number of hydrogen-bond acceptors (Lipinski definition) is 1. The third kappa shape index (κ3) is 1.27. The molecule has 1 aromatic heterocycles. The molecular formula is C9H6BrFS. The second kappa shape index (κ2) is 2.82. The zero-order valence-electron chi connectivity index (χ0n) is 6.40. The van der Waals surface area contributed by atoms with Crippen LogP contribution < -0.4 is 0 Å². The highest BCUT2D eigenvalue weighted by atomic mass is 79.9. The van der Waals surface area contributed by atoms with Gasteiger partial charge in [0.1, 0.15) is 0 Å². The van der Waals surface area contributed by atoms with Crippen molar-refractivity contribution < 1.29 is 4.39 Å². The summed E-state index contributed by atoms with van der Waals surface area (Å²) < 4.78 is 14.8. The summed E-state index contributed by atoms with van der Waals surface area (Å²) in [7, 11) is 0. The van der Waals surface area contributed by atoms with Gasteiger partial charge in [-0.05, 0) is 30.7 Å². The van der Waals surface area contributed by atoms with E-state index in [9.17, 15) is 4.39 Å². The highest BCUT2D eigenvalue weighted by Gasteiger charge is 2.04. The Morgan fingerprint density at radius 3 is 2.83 bits per heavy atom. The maximum absolute atomic E-state index is 12.8. The van der Waals surface area contributed by atoms with E-state index in [0.717, 1.165) is 20.1 Å². The molecular weight excluding hydrogens is 239 g/mol. The van der Waals surface area contributed by atoms with Crippen molar-refractivity contribution in [3.05, 3.63) is 33.4 Å². The molecule has 0 saturated heterocycles. The Hall–Kier alpha value is -0.410. The average Bonchev–Trinajstić information content (AvgIpc) is 2.29. The lowest BCUT2D eigenvalue weighted by Gasteiger charge is -1.95. The molecule has 0 aliphatic heterocycles. The van der Waals surface area contributed by atoms with E-state index >= 15 is 0 Å². The van der Waals surface area contributed by atoms with E-state index in [2.05, 4.69) is 15.9 Å². The van der Waals surface area contributed by atoms with Crippen molar-refractivity contribution in [1.29, 1.82) is 0 Å². The van der Waals surface area contributed by atoms with Crippen LogP contribution in [0, 0.1) is 12.1 Å². The van der Waals surface area contributed by atoms with Crippen LogP contribution in [0.4, 0.5) is 4.39 Å². The Morgan fingerprint density at radius 2 is 2.08 bits per heavy atom. The Morgan fingerprint density at radius 1 is 1.33 bits per heavy atom. The van der Waals surface area contributed by atoms with Crippen LogP contribution in [0.1, 0.15) is 5.56 Å². The fourth-order valence-corrected chi connectivity index (χ4v) is 2.92. The topological polar surface area (TPSA) is 0 Å². The molecule has 0 aliphatic carbocycles. The molecule has 0 N–H and O–H groups in total. The summed E-state index contributed by atoms with van der Waals surface area (Å²) in [5, 5.41) is 0.833. The van der Waals surface area contributed by atoms with Gasteiger partial charge in [-0.2, -0.15) is 4.39 Å². The smallest absolute Gasteiger partial charge is 0.177 e. The summed E-state index contributed by atoms with van der Waals surface area (Å²) in [6, 6.07) is 5.55. The Bertz CT molecular complexity index is 433. The molecule has 0 aliphatic rings. The molecule has 12 heavy (non-hydrogen) atoms. The van der Waals surface area contributed by atoms with Crippen LogP contribution in [0.5, 0.6) is 0 Å². The zero-order chi connectivity index (χ0) is 8.72. The van der Waals surface area contributed by atoms with Gasteiger partial charge < -0.3 is 0 Å². The van der Waals surface area contributed by atoms with Gasteiger partial charge in [0.05, 0.1) is 0 Å². The molecule has 0 saturated carbocycles. The number of hydrogen-bond donors (Lipinski definition) is 0. The number of thiophene rings is 1. The largest absolute Gasteiger partial charge is 0.195 e. The first kappa shape index (κ1) is 8.20. The van der Waals surface area contributed by atoms with Gasteiger partial charge in [-0.1, -0.05) is 15.9 Å². The number of rotatable bonds is 0. The van der Waals surface area contributed by atoms with Crippen LogP contribution in [0.2, 0.25) is 0 Å². The molecule has 1 aromatic carbocycles. The van der Waals surface area contributed by atoms with E-state index in [1.54, 1.807) is 6.07 Å². The molecule has 62 valence electrons. The van der Waals surface area contributed by atoms with Crippen molar-refractivity contribution in [2.75, 3.05) is 0 Å². The minimum atomic E-state index is -0.128. The van der Waals surface area contributed by atoms with Gasteiger partial charge in [0.15, 0.2) is 5.13 Å². The second-order valence-corrected chi connectivity index (χ2v) is 4.60. The van der Waals surface area contributed by atoms with E-state index in [4.69, 9.17) is 0 Å². The standard InChI is InChI=1S/C9H6BrFS/c1-5-2-7(10)6-4-9(11)12-8(6)3-5/h2-4H,1H3. The van der Waals surface area contributed by atoms with E-state index in [1.807, 2.05) is 19.1 Å². The van der Waals surface area contributed by atoms with Gasteiger partial charge >= 0.3 is 0 Å². The molecule has 0 bridgehead atoms. The monoisotopic (exact) mass is 244 g/mol. The minimum absolute atomic E-state index is 0.128. The average molecular weight is 245 g/mol. The van der Waals surface area contributed by atoms with Gasteiger partial charge in [0, 0.05) is 14.6 Å². The molecule has 0 atom stereocenters. The Balaban J connectivity index is 2.88. The second-order valence-electron chi connectivity index (χ2n) is 2.71. The summed E-state index contributed by atoms with van der Waals surface area (Å²) in [6.45, 7) is 2.00. The molecule has 0 radical (unpaired) electrons. The fourth-order valence-electron chi connectivity index (χ4n) is 1.19. The van der Waals surface area contributed by atoms with Crippen molar-refractivity contribution >= 4 is 37.4 Å². The van der Waals surface area contributed by atoms with Gasteiger partial charge in [0.2, 0.25) is 0 Å². The number of benzene rings is 1. The molecule has 0 unspecified atom stereocenters. The third-order valence-corrected chi connectivity index (χ3v) is 3.23. The van der Waals surface area contributed by atoms with Crippen molar-refractivity contribution in [3.8, 4) is 0 Å². The normalized spacial score (nSPS) is 10.9. The summed E-state index contributed by atoms with van der Waals surface area (Å²) in [5.41, 5.74) is 1.15. The first-order valence-corrected chi connectivity index (χ1v) is 5.13. The number of fused-ring (bicyclic) bond motifs is 1. The lowest BCUT2D eigenvalue weighted by Crippen LogP contribution is -1.71. The highest BCUT2D eigenvalue weighted by molar-refractivity contribution is 9.10. The SMILES string of the molecule is Cc1cc(Br)c2cc(F)sc2c1. The highest BCUT2D eigenvalue weighted by Crippen LogP contribution is 2.31. The first-order chi connectivity index (χ1) is 5.66. The van der Waals surface area contributed by atoms with Crippen LogP contribution in [-0.4, -0.2) is 0 Å². The van der Waals surface area contributed by atoms with Crippen LogP contribution in [-0.2, 0) is 0 Å². The quantitative estimate of drug-likeness (QED) is 0.655. The van der Waals surface area contributed by atoms with E-state index in [0.29, 0.717) is 0 Å². The first-order valence-electron chi connectivity index (χ1n) is 3.52. The number of aryl methyl sites for hydroxylation is 1. The van der Waals surface area contributed by atoms with Gasteiger partial charge in [-0.3, -0.25) is 0 Å². The van der Waals surface area contributed by atoms with Gasteiger partial charge in [-0.25, -0.2) is 0 Å². The van der Waals surface area contributed by atoms with Crippen LogP contribution >= 0.6 is 27.3 Å². The van der Waals surface area contributed by atoms with Gasteiger partial charge in [0.25, 0.3) is 0 Å². The molecule has 0 spiro atoms. The summed E-state index contributed by atoms with van der Waals surface area (Å²) in [6.07, 6.45) is 0. The van der Waals surface area contributed by atoms with E-state index in [-0.39, 0.29) is 5.13 Å². The molecule has 1 heterocycles. The van der Waals surface area contributed by atoms with Crippen molar-refractivity contribution in [2.45, 2.75) is 6.92 Å². The van der Waals surface area contributed by atoms with Crippen LogP contribution in [0.15, 0.2) is 22.7 Å². The maximum atomic E-state index is 12.8. The molecule has 0 nitrogen and oxygen atoms in total. The Labute approximate surface area is 82.2 Å². The van der Waals surface area contributed by atoms with E-state index in [1.165, 1.54) is 11.3 Å². The van der Waals surface area contributed by atoms with E-state index < -0.39 is 0 Å². The fraction of sp³-hybridized carbons (Fsp3) is 0.111. The van der Waals surface area contributed by atoms with Crippen molar-refractivity contribution in [1.82, 2.24) is 0 Å². The van der Waals surface area contributed by atoms with Gasteiger partial charge in [-0.15, -0.1) is 11.3 Å². The predicted octanol–water partition coefficient (Wildman–Crippen LogP) is 4.11. The molecule has 2 aromatic rings. The Kier molecular flexibility index (Phi) is 1.93. The minimum Gasteiger partial charge on any atom is -0.195 e. The summed E-state index contributed by atoms with van der Waals surface area (Å²) in [5.74, 6) is 0. The third-order valence-electron chi connectivity index (χ3n) is 1.70. The predicted molar refractivity (Wildman–Crippen MR) is 54.2 cm³/mol. The summed E-state index contributed by atoms with van der Waals surface area (Å²) in [4.78, 5) is 0. The maximum Gasteiger partial charge on any atom is 0.177 e. The summed E-state index contributed by atoms with van der Waals surface area (Å²) >= 11 is 4.58. The lowest BCUT2D eigenvalue weighted by atomic mass is 10.2. The zero-order valence-corrected chi connectivity index (χ0v) is 8.80.